The number of carbonyl (C=O) groups is 1. The zero-order valence-corrected chi connectivity index (χ0v) is 13.7. The summed E-state index contributed by atoms with van der Waals surface area (Å²) in [5.41, 5.74) is 1.86. The summed E-state index contributed by atoms with van der Waals surface area (Å²) >= 11 is 0. The van der Waals surface area contributed by atoms with Crippen molar-refractivity contribution in [2.24, 2.45) is 0 Å². The number of carbonyl (C=O) groups excluding carboxylic acids is 1. The average Bonchev–Trinajstić information content (AvgIpc) is 3.37. The van der Waals surface area contributed by atoms with E-state index in [2.05, 4.69) is 0 Å². The maximum Gasteiger partial charge on any atom is 0.290 e. The number of furan rings is 1. The molecule has 0 radical (unpaired) electrons. The maximum absolute atomic E-state index is 13.1. The number of hydrogen-bond donors (Lipinski definition) is 0. The first-order valence-electron chi connectivity index (χ1n) is 8.41. The van der Waals surface area contributed by atoms with E-state index in [-0.39, 0.29) is 17.8 Å². The van der Waals surface area contributed by atoms with Crippen LogP contribution in [0.25, 0.3) is 11.3 Å². The Kier molecular flexibility index (Phi) is 4.10. The van der Waals surface area contributed by atoms with E-state index in [1.807, 2.05) is 35.2 Å². The predicted octanol–water partition coefficient (Wildman–Crippen LogP) is 4.89. The van der Waals surface area contributed by atoms with E-state index in [9.17, 15) is 9.18 Å². The molecule has 3 nitrogen and oxygen atoms in total. The first kappa shape index (κ1) is 15.6. The fourth-order valence-electron chi connectivity index (χ4n) is 2.90. The Morgan fingerprint density at radius 1 is 1.00 bits per heavy atom. The van der Waals surface area contributed by atoms with E-state index in [4.69, 9.17) is 4.42 Å². The van der Waals surface area contributed by atoms with Gasteiger partial charge >= 0.3 is 0 Å². The number of amides is 1. The summed E-state index contributed by atoms with van der Waals surface area (Å²) in [6.45, 7) is 0.580. The van der Waals surface area contributed by atoms with Crippen LogP contribution in [0.3, 0.4) is 0 Å². The van der Waals surface area contributed by atoms with Gasteiger partial charge in [-0.15, -0.1) is 0 Å². The molecule has 126 valence electrons. The van der Waals surface area contributed by atoms with E-state index in [0.717, 1.165) is 24.0 Å². The molecule has 0 spiro atoms. The highest BCUT2D eigenvalue weighted by molar-refractivity contribution is 5.92. The molecule has 0 atom stereocenters. The molecule has 0 aliphatic heterocycles. The first-order chi connectivity index (χ1) is 12.2. The van der Waals surface area contributed by atoms with E-state index in [1.54, 1.807) is 24.3 Å². The number of rotatable bonds is 5. The standard InChI is InChI=1S/C21H18FNO2/c22-17-8-6-16(7-9-17)19-12-13-20(25-19)21(24)23(18-10-11-18)14-15-4-2-1-3-5-15/h1-9,12-13,18H,10-11,14H2. The van der Waals surface area contributed by atoms with E-state index in [1.165, 1.54) is 12.1 Å². The van der Waals surface area contributed by atoms with Gasteiger partial charge in [0.1, 0.15) is 11.6 Å². The molecule has 1 amide bonds. The van der Waals surface area contributed by atoms with Crippen molar-refractivity contribution in [3.05, 3.63) is 83.9 Å². The van der Waals surface area contributed by atoms with Gasteiger partial charge in [0.25, 0.3) is 5.91 Å². The monoisotopic (exact) mass is 335 g/mol. The molecule has 1 fully saturated rings. The van der Waals surface area contributed by atoms with Gasteiger partial charge in [0, 0.05) is 18.2 Å². The molecule has 2 aromatic carbocycles. The van der Waals surface area contributed by atoms with Crippen LogP contribution < -0.4 is 0 Å². The minimum absolute atomic E-state index is 0.0975. The second-order valence-corrected chi connectivity index (χ2v) is 6.32. The largest absolute Gasteiger partial charge is 0.451 e. The smallest absolute Gasteiger partial charge is 0.290 e. The Morgan fingerprint density at radius 3 is 2.40 bits per heavy atom. The molecule has 0 bridgehead atoms. The lowest BCUT2D eigenvalue weighted by atomic mass is 10.2. The molecule has 4 heteroatoms. The second-order valence-electron chi connectivity index (χ2n) is 6.32. The van der Waals surface area contributed by atoms with Crippen molar-refractivity contribution in [1.29, 1.82) is 0 Å². The summed E-state index contributed by atoms with van der Waals surface area (Å²) in [6, 6.07) is 19.8. The number of benzene rings is 2. The van der Waals surface area contributed by atoms with Crippen LogP contribution in [0.2, 0.25) is 0 Å². The predicted molar refractivity (Wildman–Crippen MR) is 93.4 cm³/mol. The number of hydrogen-bond acceptors (Lipinski definition) is 2. The highest BCUT2D eigenvalue weighted by atomic mass is 19.1. The quantitative estimate of drug-likeness (QED) is 0.665. The summed E-state index contributed by atoms with van der Waals surface area (Å²) < 4.78 is 18.8. The third-order valence-corrected chi connectivity index (χ3v) is 4.39. The normalized spacial score (nSPS) is 13.6. The third-order valence-electron chi connectivity index (χ3n) is 4.39. The third kappa shape index (κ3) is 3.48. The van der Waals surface area contributed by atoms with Gasteiger partial charge in [0.2, 0.25) is 0 Å². The molecule has 0 unspecified atom stereocenters. The fourth-order valence-corrected chi connectivity index (χ4v) is 2.90. The lowest BCUT2D eigenvalue weighted by Gasteiger charge is -2.21. The van der Waals surface area contributed by atoms with Crippen molar-refractivity contribution in [2.75, 3.05) is 0 Å². The molecule has 1 saturated carbocycles. The van der Waals surface area contributed by atoms with E-state index in [0.29, 0.717) is 18.1 Å². The Morgan fingerprint density at radius 2 is 1.72 bits per heavy atom. The minimum Gasteiger partial charge on any atom is -0.451 e. The van der Waals surface area contributed by atoms with Crippen LogP contribution in [0.15, 0.2) is 71.1 Å². The summed E-state index contributed by atoms with van der Waals surface area (Å²) in [5, 5.41) is 0. The van der Waals surface area contributed by atoms with Gasteiger partial charge in [0.05, 0.1) is 0 Å². The van der Waals surface area contributed by atoms with Crippen LogP contribution in [0.4, 0.5) is 4.39 Å². The lowest BCUT2D eigenvalue weighted by molar-refractivity contribution is 0.0698. The van der Waals surface area contributed by atoms with E-state index >= 15 is 0 Å². The van der Waals surface area contributed by atoms with Crippen LogP contribution >= 0.6 is 0 Å². The van der Waals surface area contributed by atoms with Crippen LogP contribution in [-0.4, -0.2) is 16.8 Å². The molecule has 0 saturated heterocycles. The Balaban J connectivity index is 1.55. The molecule has 0 N–H and O–H groups in total. The molecular formula is C21H18FNO2. The fraction of sp³-hybridized carbons (Fsp3) is 0.190. The highest BCUT2D eigenvalue weighted by Gasteiger charge is 2.34. The summed E-state index contributed by atoms with van der Waals surface area (Å²) in [7, 11) is 0. The minimum atomic E-state index is -0.297. The van der Waals surface area contributed by atoms with Crippen molar-refractivity contribution in [2.45, 2.75) is 25.4 Å². The van der Waals surface area contributed by atoms with Gasteiger partial charge in [-0.3, -0.25) is 4.79 Å². The summed E-state index contributed by atoms with van der Waals surface area (Å²) in [6.07, 6.45) is 2.06. The summed E-state index contributed by atoms with van der Waals surface area (Å²) in [4.78, 5) is 14.8. The Hall–Kier alpha value is -2.88. The second kappa shape index (κ2) is 6.55. The molecular weight excluding hydrogens is 317 g/mol. The molecule has 1 aliphatic rings. The van der Waals surface area contributed by atoms with Gasteiger partial charge in [-0.2, -0.15) is 0 Å². The zero-order valence-electron chi connectivity index (χ0n) is 13.7. The van der Waals surface area contributed by atoms with Gasteiger partial charge in [-0.05, 0) is 54.8 Å². The SMILES string of the molecule is O=C(c1ccc(-c2ccc(F)cc2)o1)N(Cc1ccccc1)C1CC1. The topological polar surface area (TPSA) is 33.5 Å². The molecule has 25 heavy (non-hydrogen) atoms. The van der Waals surface area contributed by atoms with Gasteiger partial charge < -0.3 is 9.32 Å². The number of nitrogens with zero attached hydrogens (tertiary/aromatic N) is 1. The van der Waals surface area contributed by atoms with Gasteiger partial charge in [-0.1, -0.05) is 30.3 Å². The van der Waals surface area contributed by atoms with Crippen molar-refractivity contribution < 1.29 is 13.6 Å². The lowest BCUT2D eigenvalue weighted by Crippen LogP contribution is -2.32. The van der Waals surface area contributed by atoms with Crippen LogP contribution in [0.1, 0.15) is 29.0 Å². The molecule has 4 rings (SSSR count). The first-order valence-corrected chi connectivity index (χ1v) is 8.41. The molecule has 1 heterocycles. The van der Waals surface area contributed by atoms with Crippen LogP contribution in [0, 0.1) is 5.82 Å². The number of halogens is 1. The molecule has 3 aromatic rings. The van der Waals surface area contributed by atoms with Crippen molar-refractivity contribution in [3.63, 3.8) is 0 Å². The molecule has 1 aliphatic carbocycles. The molecule has 1 aromatic heterocycles. The average molecular weight is 335 g/mol. The van der Waals surface area contributed by atoms with Crippen LogP contribution in [0.5, 0.6) is 0 Å². The van der Waals surface area contributed by atoms with E-state index < -0.39 is 0 Å². The van der Waals surface area contributed by atoms with Crippen LogP contribution in [-0.2, 0) is 6.54 Å². The Bertz CT molecular complexity index is 866. The van der Waals surface area contributed by atoms with Crippen molar-refractivity contribution >= 4 is 5.91 Å². The maximum atomic E-state index is 13.1. The highest BCUT2D eigenvalue weighted by Crippen LogP contribution is 2.31. The van der Waals surface area contributed by atoms with Gasteiger partial charge in [0.15, 0.2) is 5.76 Å². The van der Waals surface area contributed by atoms with Gasteiger partial charge in [-0.25, -0.2) is 4.39 Å². The Labute approximate surface area is 145 Å². The van der Waals surface area contributed by atoms with Crippen molar-refractivity contribution in [3.8, 4) is 11.3 Å². The van der Waals surface area contributed by atoms with Crippen molar-refractivity contribution in [1.82, 2.24) is 4.90 Å². The summed E-state index contributed by atoms with van der Waals surface area (Å²) in [5.74, 6) is 0.495. The zero-order chi connectivity index (χ0) is 17.2.